The monoisotopic (exact) mass is 190 g/mol. The summed E-state index contributed by atoms with van der Waals surface area (Å²) in [6.45, 7) is 3.53. The fraction of sp³-hybridized carbons (Fsp3) is 0.667. The Kier molecular flexibility index (Phi) is 6.14. The summed E-state index contributed by atoms with van der Waals surface area (Å²) in [6, 6.07) is 0. The number of halogens is 1. The van der Waals surface area contributed by atoms with Crippen LogP contribution in [0.5, 0.6) is 0 Å². The highest BCUT2D eigenvalue weighted by Crippen LogP contribution is 2.01. The van der Waals surface area contributed by atoms with Crippen LogP contribution in [0, 0.1) is 0 Å². The number of ether oxygens (including phenoxy) is 1. The molecule has 1 unspecified atom stereocenters. The van der Waals surface area contributed by atoms with Gasteiger partial charge in [0.25, 0.3) is 0 Å². The van der Waals surface area contributed by atoms with Crippen LogP contribution in [0.15, 0.2) is 11.6 Å². The van der Waals surface area contributed by atoms with Crippen LogP contribution in [0.2, 0.25) is 0 Å². The Labute approximate surface area is 77.2 Å². The van der Waals surface area contributed by atoms with Crippen molar-refractivity contribution in [1.29, 1.82) is 0 Å². The normalized spacial score (nSPS) is 14.0. The predicted octanol–water partition coefficient (Wildman–Crippen LogP) is 1.56. The van der Waals surface area contributed by atoms with Gasteiger partial charge in [0.1, 0.15) is 0 Å². The quantitative estimate of drug-likeness (QED) is 0.406. The van der Waals surface area contributed by atoms with Crippen molar-refractivity contribution in [3.05, 3.63) is 11.6 Å². The third-order valence-electron chi connectivity index (χ3n) is 1.57. The van der Waals surface area contributed by atoms with Crippen LogP contribution in [0.4, 0.5) is 4.39 Å². The van der Waals surface area contributed by atoms with Gasteiger partial charge < -0.3 is 9.84 Å². The Bertz CT molecular complexity index is 187. The lowest BCUT2D eigenvalue weighted by atomic mass is 10.3. The van der Waals surface area contributed by atoms with Crippen LogP contribution in [0.1, 0.15) is 26.7 Å². The van der Waals surface area contributed by atoms with Crippen LogP contribution in [-0.4, -0.2) is 24.0 Å². The van der Waals surface area contributed by atoms with Gasteiger partial charge in [-0.2, -0.15) is 0 Å². The summed E-state index contributed by atoms with van der Waals surface area (Å²) in [6.07, 6.45) is 0.163. The molecule has 4 heteroatoms. The van der Waals surface area contributed by atoms with Gasteiger partial charge in [-0.1, -0.05) is 6.08 Å². The maximum Gasteiger partial charge on any atom is 0.333 e. The molecule has 0 fully saturated rings. The topological polar surface area (TPSA) is 46.5 Å². The van der Waals surface area contributed by atoms with Gasteiger partial charge in [0.15, 0.2) is 6.36 Å². The Morgan fingerprint density at radius 3 is 2.77 bits per heavy atom. The number of hydrogen-bond acceptors (Lipinski definition) is 3. The van der Waals surface area contributed by atoms with Gasteiger partial charge in [-0.3, -0.25) is 0 Å². The lowest BCUT2D eigenvalue weighted by Crippen LogP contribution is -2.08. The smallest absolute Gasteiger partial charge is 0.333 e. The molecule has 0 amide bonds. The van der Waals surface area contributed by atoms with Crippen LogP contribution < -0.4 is 0 Å². The van der Waals surface area contributed by atoms with Crippen molar-refractivity contribution < 1.29 is 19.0 Å². The molecule has 0 aliphatic heterocycles. The molecule has 0 spiro atoms. The first kappa shape index (κ1) is 12.1. The summed E-state index contributed by atoms with van der Waals surface area (Å²) in [7, 11) is 0. The minimum absolute atomic E-state index is 0.00215. The molecule has 0 aromatic rings. The summed E-state index contributed by atoms with van der Waals surface area (Å²) in [5.41, 5.74) is 0.529. The molecular formula is C9H15FO3. The third-order valence-corrected chi connectivity index (χ3v) is 1.57. The average molecular weight is 190 g/mol. The van der Waals surface area contributed by atoms with Gasteiger partial charge in [-0.15, -0.1) is 0 Å². The molecule has 0 radical (unpaired) electrons. The van der Waals surface area contributed by atoms with Crippen molar-refractivity contribution >= 4 is 5.97 Å². The fourth-order valence-electron chi connectivity index (χ4n) is 0.648. The first-order valence-corrected chi connectivity index (χ1v) is 4.20. The van der Waals surface area contributed by atoms with E-state index in [1.807, 2.05) is 0 Å². The molecule has 0 saturated carbocycles. The van der Waals surface area contributed by atoms with Crippen molar-refractivity contribution in [1.82, 2.24) is 0 Å². The summed E-state index contributed by atoms with van der Waals surface area (Å²) in [5.74, 6) is -0.393. The number of aliphatic hydroxyl groups excluding tert-OH is 1. The van der Waals surface area contributed by atoms with Crippen LogP contribution in [0.3, 0.4) is 0 Å². The highest BCUT2D eigenvalue weighted by atomic mass is 19.1. The van der Waals surface area contributed by atoms with E-state index in [-0.39, 0.29) is 13.0 Å². The van der Waals surface area contributed by atoms with Gasteiger partial charge in [0.2, 0.25) is 0 Å². The van der Waals surface area contributed by atoms with Gasteiger partial charge in [0.05, 0.1) is 6.61 Å². The molecule has 0 aromatic heterocycles. The number of carbonyl (C=O) groups is 1. The second kappa shape index (κ2) is 6.60. The lowest BCUT2D eigenvalue weighted by Gasteiger charge is -2.04. The molecule has 1 N–H and O–H groups in total. The molecule has 3 nitrogen and oxygen atoms in total. The third kappa shape index (κ3) is 6.28. The maximum atomic E-state index is 11.9. The molecule has 0 aliphatic carbocycles. The van der Waals surface area contributed by atoms with Crippen molar-refractivity contribution in [2.24, 2.45) is 0 Å². The minimum Gasteiger partial charge on any atom is -0.462 e. The highest BCUT2D eigenvalue weighted by molar-refractivity contribution is 5.87. The average Bonchev–Trinajstić information content (AvgIpc) is 2.10. The number of carbonyl (C=O) groups excluding carboxylic acids is 1. The van der Waals surface area contributed by atoms with E-state index in [0.717, 1.165) is 0 Å². The van der Waals surface area contributed by atoms with Crippen molar-refractivity contribution in [3.8, 4) is 0 Å². The second-order valence-electron chi connectivity index (χ2n) is 2.68. The predicted molar refractivity (Wildman–Crippen MR) is 46.7 cm³/mol. The SMILES string of the molecule is CC=C(C)C(=O)OCCCC(O)F. The molecule has 13 heavy (non-hydrogen) atoms. The van der Waals surface area contributed by atoms with Gasteiger partial charge >= 0.3 is 5.97 Å². The van der Waals surface area contributed by atoms with Crippen molar-refractivity contribution in [3.63, 3.8) is 0 Å². The first-order valence-electron chi connectivity index (χ1n) is 4.20. The van der Waals surface area contributed by atoms with Gasteiger partial charge in [0, 0.05) is 12.0 Å². The maximum absolute atomic E-state index is 11.9. The summed E-state index contributed by atoms with van der Waals surface area (Å²) < 4.78 is 16.6. The number of alkyl halides is 1. The van der Waals surface area contributed by atoms with Crippen LogP contribution in [0.25, 0.3) is 0 Å². The zero-order valence-corrected chi connectivity index (χ0v) is 7.92. The Morgan fingerprint density at radius 1 is 1.69 bits per heavy atom. The van der Waals surface area contributed by atoms with E-state index in [0.29, 0.717) is 12.0 Å². The van der Waals surface area contributed by atoms with Gasteiger partial charge in [-0.25, -0.2) is 9.18 Å². The molecule has 0 aliphatic rings. The number of allylic oxidation sites excluding steroid dienone is 1. The summed E-state index contributed by atoms with van der Waals surface area (Å²) in [5, 5.41) is 8.25. The van der Waals surface area contributed by atoms with E-state index in [4.69, 9.17) is 9.84 Å². The second-order valence-corrected chi connectivity index (χ2v) is 2.68. The van der Waals surface area contributed by atoms with Crippen LogP contribution in [-0.2, 0) is 9.53 Å². The molecule has 0 aromatic carbocycles. The molecular weight excluding hydrogens is 175 g/mol. The Balaban J connectivity index is 3.49. The Morgan fingerprint density at radius 2 is 2.31 bits per heavy atom. The number of rotatable bonds is 5. The first-order chi connectivity index (χ1) is 6.07. The summed E-state index contributed by atoms with van der Waals surface area (Å²) in [4.78, 5) is 11.0. The zero-order chi connectivity index (χ0) is 10.3. The molecule has 0 bridgehead atoms. The highest BCUT2D eigenvalue weighted by Gasteiger charge is 2.05. The van der Waals surface area contributed by atoms with E-state index in [1.165, 1.54) is 0 Å². The van der Waals surface area contributed by atoms with E-state index in [9.17, 15) is 9.18 Å². The standard InChI is InChI=1S/C9H15FO3/c1-3-7(2)9(12)13-6-4-5-8(10)11/h3,8,11H,4-6H2,1-2H3. The summed E-state index contributed by atoms with van der Waals surface area (Å²) >= 11 is 0. The molecule has 1 atom stereocenters. The molecule has 76 valence electrons. The van der Waals surface area contributed by atoms with Crippen LogP contribution >= 0.6 is 0 Å². The molecule has 0 heterocycles. The number of aliphatic hydroxyl groups is 1. The Hall–Kier alpha value is -0.900. The van der Waals surface area contributed by atoms with E-state index < -0.39 is 12.3 Å². The minimum atomic E-state index is -1.82. The van der Waals surface area contributed by atoms with Gasteiger partial charge in [-0.05, 0) is 20.3 Å². The largest absolute Gasteiger partial charge is 0.462 e. The van der Waals surface area contributed by atoms with Crippen molar-refractivity contribution in [2.75, 3.05) is 6.61 Å². The lowest BCUT2D eigenvalue weighted by molar-refractivity contribution is -0.139. The fourth-order valence-corrected chi connectivity index (χ4v) is 0.648. The number of esters is 1. The van der Waals surface area contributed by atoms with E-state index in [1.54, 1.807) is 19.9 Å². The van der Waals surface area contributed by atoms with E-state index >= 15 is 0 Å². The number of hydrogen-bond donors (Lipinski definition) is 1. The molecule has 0 saturated heterocycles. The van der Waals surface area contributed by atoms with Crippen molar-refractivity contribution in [2.45, 2.75) is 33.0 Å². The zero-order valence-electron chi connectivity index (χ0n) is 7.92. The molecule has 0 rings (SSSR count). The van der Waals surface area contributed by atoms with E-state index in [2.05, 4.69) is 0 Å².